The molecule has 0 nitrogen and oxygen atoms in total. The maximum absolute atomic E-state index is 3.90. The van der Waals surface area contributed by atoms with Gasteiger partial charge in [-0.3, -0.25) is 0 Å². The van der Waals surface area contributed by atoms with Gasteiger partial charge in [0, 0.05) is 0 Å². The highest BCUT2D eigenvalue weighted by molar-refractivity contribution is 4.95. The van der Waals surface area contributed by atoms with Crippen LogP contribution in [0.3, 0.4) is 0 Å². The largest absolute Gasteiger partial charge is 0.100 e. The first-order chi connectivity index (χ1) is 4.63. The van der Waals surface area contributed by atoms with Crippen LogP contribution in [0, 0.1) is 17.8 Å². The fourth-order valence-electron chi connectivity index (χ4n) is 1.70. The molecule has 0 aromatic rings. The summed E-state index contributed by atoms with van der Waals surface area (Å²) in [6.07, 6.45) is 2.61. The predicted molar refractivity (Wildman–Crippen MR) is 45.9 cm³/mol. The molecule has 1 rings (SSSR count). The van der Waals surface area contributed by atoms with Crippen molar-refractivity contribution in [3.05, 3.63) is 12.2 Å². The van der Waals surface area contributed by atoms with Crippen molar-refractivity contribution < 1.29 is 0 Å². The van der Waals surface area contributed by atoms with Gasteiger partial charge in [-0.25, -0.2) is 0 Å². The minimum absolute atomic E-state index is 0.986. The highest BCUT2D eigenvalue weighted by atomic mass is 14.5. The van der Waals surface area contributed by atoms with Crippen LogP contribution in [-0.2, 0) is 0 Å². The smallest absolute Gasteiger partial charge is 0.0323 e. The lowest BCUT2D eigenvalue weighted by Gasteiger charge is -1.96. The van der Waals surface area contributed by atoms with Crippen LogP contribution in [0.15, 0.2) is 12.2 Å². The van der Waals surface area contributed by atoms with E-state index in [1.54, 1.807) is 0 Å². The second kappa shape index (κ2) is 2.77. The number of allylic oxidation sites excluding steroid dienone is 1. The molecule has 0 aromatic heterocycles. The van der Waals surface area contributed by atoms with Crippen LogP contribution >= 0.6 is 0 Å². The monoisotopic (exact) mass is 138 g/mol. The molecule has 0 heterocycles. The van der Waals surface area contributed by atoms with Gasteiger partial charge in [0.05, 0.1) is 0 Å². The van der Waals surface area contributed by atoms with Crippen LogP contribution in [0.2, 0.25) is 0 Å². The van der Waals surface area contributed by atoms with Gasteiger partial charge in [-0.1, -0.05) is 19.4 Å². The molecular formula is C10H18. The Labute approximate surface area is 64.3 Å². The topological polar surface area (TPSA) is 0 Å². The zero-order chi connectivity index (χ0) is 7.72. The Balaban J connectivity index is 2.11. The van der Waals surface area contributed by atoms with Crippen LogP contribution in [0.4, 0.5) is 0 Å². The predicted octanol–water partition coefficient (Wildman–Crippen LogP) is 3.24. The fourth-order valence-corrected chi connectivity index (χ4v) is 1.70. The lowest BCUT2D eigenvalue weighted by Crippen LogP contribution is -1.81. The average Bonchev–Trinajstić information content (AvgIpc) is 2.38. The molecule has 0 radical (unpaired) electrons. The van der Waals surface area contributed by atoms with Crippen molar-refractivity contribution >= 4 is 0 Å². The molecule has 0 heteroatoms. The Kier molecular flexibility index (Phi) is 2.18. The summed E-state index contributed by atoms with van der Waals surface area (Å²) in [6, 6.07) is 0. The van der Waals surface area contributed by atoms with Crippen molar-refractivity contribution in [2.45, 2.75) is 33.6 Å². The molecule has 1 fully saturated rings. The maximum atomic E-state index is 3.90. The van der Waals surface area contributed by atoms with Crippen molar-refractivity contribution in [2.75, 3.05) is 0 Å². The molecule has 1 saturated carbocycles. The third-order valence-corrected chi connectivity index (χ3v) is 2.94. The van der Waals surface area contributed by atoms with Gasteiger partial charge in [-0.15, -0.1) is 6.58 Å². The quantitative estimate of drug-likeness (QED) is 0.525. The van der Waals surface area contributed by atoms with E-state index in [2.05, 4.69) is 27.4 Å². The van der Waals surface area contributed by atoms with Crippen molar-refractivity contribution in [2.24, 2.45) is 17.8 Å². The van der Waals surface area contributed by atoms with E-state index < -0.39 is 0 Å². The minimum atomic E-state index is 0.986. The fraction of sp³-hybridized carbons (Fsp3) is 0.800. The first-order valence-corrected chi connectivity index (χ1v) is 4.27. The Morgan fingerprint density at radius 1 is 1.30 bits per heavy atom. The highest BCUT2D eigenvalue weighted by Gasteiger charge is 2.41. The summed E-state index contributed by atoms with van der Waals surface area (Å²) in [7, 11) is 0. The molecule has 0 aliphatic heterocycles. The first kappa shape index (κ1) is 7.84. The summed E-state index contributed by atoms with van der Waals surface area (Å²) >= 11 is 0. The molecule has 0 saturated heterocycles. The first-order valence-electron chi connectivity index (χ1n) is 4.27. The van der Waals surface area contributed by atoms with E-state index in [0.29, 0.717) is 0 Å². The molecule has 0 bridgehead atoms. The van der Waals surface area contributed by atoms with Crippen LogP contribution in [0.1, 0.15) is 33.6 Å². The van der Waals surface area contributed by atoms with Gasteiger partial charge in [0.15, 0.2) is 0 Å². The van der Waals surface area contributed by atoms with E-state index in [9.17, 15) is 0 Å². The summed E-state index contributed by atoms with van der Waals surface area (Å²) < 4.78 is 0. The van der Waals surface area contributed by atoms with Crippen LogP contribution < -0.4 is 0 Å². The molecule has 58 valence electrons. The van der Waals surface area contributed by atoms with Crippen molar-refractivity contribution in [3.8, 4) is 0 Å². The van der Waals surface area contributed by atoms with Crippen LogP contribution in [0.5, 0.6) is 0 Å². The van der Waals surface area contributed by atoms with Crippen molar-refractivity contribution in [1.29, 1.82) is 0 Å². The van der Waals surface area contributed by atoms with E-state index in [1.807, 2.05) is 0 Å². The SMILES string of the molecule is C=C(C)CCC1C(C)C1C. The lowest BCUT2D eigenvalue weighted by molar-refractivity contribution is 0.654. The Hall–Kier alpha value is -0.260. The zero-order valence-corrected chi connectivity index (χ0v) is 7.35. The molecule has 2 atom stereocenters. The van der Waals surface area contributed by atoms with Gasteiger partial charge >= 0.3 is 0 Å². The normalized spacial score (nSPS) is 37.7. The van der Waals surface area contributed by atoms with Gasteiger partial charge in [-0.05, 0) is 37.5 Å². The van der Waals surface area contributed by atoms with E-state index in [-0.39, 0.29) is 0 Å². The van der Waals surface area contributed by atoms with Gasteiger partial charge in [-0.2, -0.15) is 0 Å². The van der Waals surface area contributed by atoms with Gasteiger partial charge < -0.3 is 0 Å². The molecule has 0 amide bonds. The third kappa shape index (κ3) is 1.62. The number of hydrogen-bond acceptors (Lipinski definition) is 0. The molecule has 0 N–H and O–H groups in total. The number of hydrogen-bond donors (Lipinski definition) is 0. The molecular weight excluding hydrogens is 120 g/mol. The standard InChI is InChI=1S/C10H18/c1-7(2)5-6-10-8(3)9(10)4/h8-10H,1,5-6H2,2-4H3. The van der Waals surface area contributed by atoms with Crippen molar-refractivity contribution in [1.82, 2.24) is 0 Å². The summed E-state index contributed by atoms with van der Waals surface area (Å²) in [5.74, 6) is 2.98. The van der Waals surface area contributed by atoms with Gasteiger partial charge in [0.1, 0.15) is 0 Å². The van der Waals surface area contributed by atoms with Crippen LogP contribution in [-0.4, -0.2) is 0 Å². The van der Waals surface area contributed by atoms with Crippen LogP contribution in [0.25, 0.3) is 0 Å². The Morgan fingerprint density at radius 2 is 1.80 bits per heavy atom. The van der Waals surface area contributed by atoms with E-state index in [1.165, 1.54) is 18.4 Å². The third-order valence-electron chi connectivity index (χ3n) is 2.94. The average molecular weight is 138 g/mol. The minimum Gasteiger partial charge on any atom is -0.100 e. The molecule has 2 unspecified atom stereocenters. The Bertz CT molecular complexity index is 127. The van der Waals surface area contributed by atoms with E-state index in [4.69, 9.17) is 0 Å². The van der Waals surface area contributed by atoms with E-state index in [0.717, 1.165) is 17.8 Å². The molecule has 1 aliphatic carbocycles. The second-order valence-corrected chi connectivity index (χ2v) is 3.88. The summed E-state index contributed by atoms with van der Waals surface area (Å²) in [6.45, 7) is 10.7. The highest BCUT2D eigenvalue weighted by Crippen LogP contribution is 2.48. The molecule has 0 aromatic carbocycles. The molecule has 1 aliphatic rings. The summed E-state index contributed by atoms with van der Waals surface area (Å²) in [4.78, 5) is 0. The lowest BCUT2D eigenvalue weighted by atomic mass is 10.1. The second-order valence-electron chi connectivity index (χ2n) is 3.88. The number of rotatable bonds is 3. The molecule has 10 heavy (non-hydrogen) atoms. The molecule has 0 spiro atoms. The Morgan fingerprint density at radius 3 is 2.10 bits per heavy atom. The van der Waals surface area contributed by atoms with Crippen molar-refractivity contribution in [3.63, 3.8) is 0 Å². The zero-order valence-electron chi connectivity index (χ0n) is 7.35. The van der Waals surface area contributed by atoms with Gasteiger partial charge in [0.2, 0.25) is 0 Å². The summed E-state index contributed by atoms with van der Waals surface area (Å²) in [5.41, 5.74) is 1.34. The van der Waals surface area contributed by atoms with Gasteiger partial charge in [0.25, 0.3) is 0 Å². The summed E-state index contributed by atoms with van der Waals surface area (Å²) in [5, 5.41) is 0. The van der Waals surface area contributed by atoms with E-state index >= 15 is 0 Å². The maximum Gasteiger partial charge on any atom is -0.0323 e.